The molecule has 0 bridgehead atoms. The molecule has 1 aromatic rings. The van der Waals surface area contributed by atoms with Crippen LogP contribution in [-0.2, 0) is 0 Å². The maximum Gasteiger partial charge on any atom is 0.0119 e. The van der Waals surface area contributed by atoms with Gasteiger partial charge in [0.2, 0.25) is 0 Å². The van der Waals surface area contributed by atoms with Crippen molar-refractivity contribution in [3.05, 3.63) is 53.5 Å². The summed E-state index contributed by atoms with van der Waals surface area (Å²) in [5.41, 5.74) is 1.61. The Hall–Kier alpha value is -0.950. The Balaban J connectivity index is 2.89. The van der Waals surface area contributed by atoms with Crippen molar-refractivity contribution in [2.24, 2.45) is 5.92 Å². The van der Waals surface area contributed by atoms with Crippen LogP contribution in [-0.4, -0.2) is 0 Å². The molecular formula is C21H32S. The molecule has 0 saturated heterocycles. The molecular weight excluding hydrogens is 284 g/mol. The second-order valence-electron chi connectivity index (χ2n) is 6.32. The maximum atomic E-state index is 3.97. The summed E-state index contributed by atoms with van der Waals surface area (Å²) in [6.45, 7) is 10.9. The average Bonchev–Trinajstić information content (AvgIpc) is 2.51. The largest absolute Gasteiger partial charge is 0.103 e. The third-order valence-corrected chi connectivity index (χ3v) is 5.05. The fourth-order valence-electron chi connectivity index (χ4n) is 2.46. The van der Waals surface area contributed by atoms with Gasteiger partial charge in [-0.1, -0.05) is 75.2 Å². The molecule has 0 aliphatic rings. The highest BCUT2D eigenvalue weighted by molar-refractivity contribution is 8.03. The van der Waals surface area contributed by atoms with E-state index in [1.165, 1.54) is 43.4 Å². The van der Waals surface area contributed by atoms with Gasteiger partial charge in [0.15, 0.2) is 0 Å². The van der Waals surface area contributed by atoms with Gasteiger partial charge in [-0.15, -0.1) is 6.58 Å². The van der Waals surface area contributed by atoms with Crippen molar-refractivity contribution in [2.45, 2.75) is 70.6 Å². The van der Waals surface area contributed by atoms with Crippen molar-refractivity contribution in [1.29, 1.82) is 0 Å². The van der Waals surface area contributed by atoms with Gasteiger partial charge in [-0.25, -0.2) is 0 Å². The van der Waals surface area contributed by atoms with E-state index in [0.29, 0.717) is 0 Å². The van der Waals surface area contributed by atoms with Gasteiger partial charge in [0.25, 0.3) is 0 Å². The first-order valence-corrected chi connectivity index (χ1v) is 9.53. The topological polar surface area (TPSA) is 0 Å². The van der Waals surface area contributed by atoms with E-state index >= 15 is 0 Å². The van der Waals surface area contributed by atoms with Crippen molar-refractivity contribution >= 4 is 11.8 Å². The van der Waals surface area contributed by atoms with Crippen LogP contribution in [0.3, 0.4) is 0 Å². The lowest BCUT2D eigenvalue weighted by atomic mass is 9.99. The zero-order valence-corrected chi connectivity index (χ0v) is 15.4. The van der Waals surface area contributed by atoms with Gasteiger partial charge >= 0.3 is 0 Å². The molecule has 0 nitrogen and oxygen atoms in total. The minimum Gasteiger partial charge on any atom is -0.103 e. The standard InChI is InChI=1S/C21H32S/c1-5-7-9-15-21(22-20-13-10-8-11-14-20)19(12-6-2)17-16-18(3)4/h6,8,10-11,13-14,18H,2,5,7,9,12,15-17H2,1,3-4H3/b21-19+. The molecule has 1 aromatic carbocycles. The van der Waals surface area contributed by atoms with Gasteiger partial charge < -0.3 is 0 Å². The molecule has 0 radical (unpaired) electrons. The number of allylic oxidation sites excluding steroid dienone is 3. The van der Waals surface area contributed by atoms with Crippen LogP contribution in [0.25, 0.3) is 0 Å². The van der Waals surface area contributed by atoms with Gasteiger partial charge in [-0.2, -0.15) is 0 Å². The Morgan fingerprint density at radius 3 is 2.45 bits per heavy atom. The third kappa shape index (κ3) is 7.89. The van der Waals surface area contributed by atoms with E-state index in [2.05, 4.69) is 63.8 Å². The molecule has 0 unspecified atom stereocenters. The van der Waals surface area contributed by atoms with Crippen molar-refractivity contribution in [2.75, 3.05) is 0 Å². The first-order valence-electron chi connectivity index (χ1n) is 8.72. The minimum absolute atomic E-state index is 0.762. The van der Waals surface area contributed by atoms with Crippen molar-refractivity contribution in [3.63, 3.8) is 0 Å². The quantitative estimate of drug-likeness (QED) is 0.230. The number of unbranched alkanes of at least 4 members (excludes halogenated alkanes) is 2. The van der Waals surface area contributed by atoms with Gasteiger partial charge in [0, 0.05) is 4.90 Å². The van der Waals surface area contributed by atoms with E-state index in [1.54, 1.807) is 10.5 Å². The molecule has 0 saturated carbocycles. The number of benzene rings is 1. The molecule has 0 heterocycles. The molecule has 1 heteroatoms. The second-order valence-corrected chi connectivity index (χ2v) is 7.49. The van der Waals surface area contributed by atoms with Gasteiger partial charge in [0.05, 0.1) is 0 Å². The molecule has 0 fully saturated rings. The average molecular weight is 317 g/mol. The maximum absolute atomic E-state index is 3.97. The van der Waals surface area contributed by atoms with E-state index in [0.717, 1.165) is 12.3 Å². The van der Waals surface area contributed by atoms with Crippen LogP contribution in [0.5, 0.6) is 0 Å². The molecule has 0 N–H and O–H groups in total. The number of thioether (sulfide) groups is 1. The minimum atomic E-state index is 0.762. The Bertz CT molecular complexity index is 442. The molecule has 122 valence electrons. The Morgan fingerprint density at radius 1 is 1.14 bits per heavy atom. The fraction of sp³-hybridized carbons (Fsp3) is 0.524. The van der Waals surface area contributed by atoms with Crippen molar-refractivity contribution in [3.8, 4) is 0 Å². The molecule has 0 aliphatic carbocycles. The molecule has 0 aliphatic heterocycles. The van der Waals surface area contributed by atoms with E-state index in [-0.39, 0.29) is 0 Å². The Labute approximate surface area is 142 Å². The predicted octanol–water partition coefficient (Wildman–Crippen LogP) is 7.63. The third-order valence-electron chi connectivity index (χ3n) is 3.80. The molecule has 0 atom stereocenters. The highest BCUT2D eigenvalue weighted by Gasteiger charge is 2.09. The molecule has 0 aromatic heterocycles. The molecule has 0 spiro atoms. The van der Waals surface area contributed by atoms with Crippen LogP contribution >= 0.6 is 11.8 Å². The normalized spacial score (nSPS) is 12.4. The summed E-state index contributed by atoms with van der Waals surface area (Å²) in [7, 11) is 0. The van der Waals surface area contributed by atoms with Crippen molar-refractivity contribution in [1.82, 2.24) is 0 Å². The second kappa shape index (κ2) is 11.6. The zero-order valence-electron chi connectivity index (χ0n) is 14.6. The highest BCUT2D eigenvalue weighted by atomic mass is 32.2. The van der Waals surface area contributed by atoms with Gasteiger partial charge in [0.1, 0.15) is 0 Å². The monoisotopic (exact) mass is 316 g/mol. The summed E-state index contributed by atoms with van der Waals surface area (Å²) in [6.07, 6.45) is 10.7. The first-order chi connectivity index (χ1) is 10.7. The number of hydrogen-bond acceptors (Lipinski definition) is 1. The summed E-state index contributed by atoms with van der Waals surface area (Å²) in [6, 6.07) is 10.8. The van der Waals surface area contributed by atoms with Crippen LogP contribution in [0.1, 0.15) is 65.7 Å². The van der Waals surface area contributed by atoms with Crippen LogP contribution in [0.15, 0.2) is 58.4 Å². The SMILES string of the molecule is C=CC/C(CCC(C)C)=C(/CCCCC)Sc1ccccc1. The van der Waals surface area contributed by atoms with Crippen LogP contribution in [0.4, 0.5) is 0 Å². The predicted molar refractivity (Wildman–Crippen MR) is 102 cm³/mol. The fourth-order valence-corrected chi connectivity index (χ4v) is 3.61. The highest BCUT2D eigenvalue weighted by Crippen LogP contribution is 2.35. The number of rotatable bonds is 11. The summed E-state index contributed by atoms with van der Waals surface area (Å²) < 4.78 is 0. The van der Waals surface area contributed by atoms with Gasteiger partial charge in [-0.3, -0.25) is 0 Å². The summed E-state index contributed by atoms with van der Waals surface area (Å²) in [4.78, 5) is 2.94. The van der Waals surface area contributed by atoms with Crippen LogP contribution < -0.4 is 0 Å². The number of hydrogen-bond donors (Lipinski definition) is 0. The Morgan fingerprint density at radius 2 is 1.86 bits per heavy atom. The first kappa shape index (κ1) is 19.1. The lowest BCUT2D eigenvalue weighted by Crippen LogP contribution is -1.95. The summed E-state index contributed by atoms with van der Waals surface area (Å²) in [5, 5.41) is 0. The lowest BCUT2D eigenvalue weighted by molar-refractivity contribution is 0.579. The van der Waals surface area contributed by atoms with Gasteiger partial charge in [-0.05, 0) is 55.1 Å². The lowest BCUT2D eigenvalue weighted by Gasteiger charge is -2.16. The van der Waals surface area contributed by atoms with E-state index < -0.39 is 0 Å². The zero-order chi connectivity index (χ0) is 16.2. The van der Waals surface area contributed by atoms with Crippen molar-refractivity contribution < 1.29 is 0 Å². The molecule has 1 rings (SSSR count). The smallest absolute Gasteiger partial charge is 0.0119 e. The van der Waals surface area contributed by atoms with Crippen LogP contribution in [0.2, 0.25) is 0 Å². The van der Waals surface area contributed by atoms with E-state index in [9.17, 15) is 0 Å². The Kier molecular flexibility index (Phi) is 10.1. The van der Waals surface area contributed by atoms with Crippen LogP contribution in [0, 0.1) is 5.92 Å². The van der Waals surface area contributed by atoms with E-state index in [4.69, 9.17) is 0 Å². The summed E-state index contributed by atoms with van der Waals surface area (Å²) >= 11 is 1.97. The molecule has 22 heavy (non-hydrogen) atoms. The molecule has 0 amide bonds. The summed E-state index contributed by atoms with van der Waals surface area (Å²) in [5.74, 6) is 0.762. The van der Waals surface area contributed by atoms with E-state index in [1.807, 2.05) is 11.8 Å².